The minimum atomic E-state index is -0.730. The molecular formula is C24H23FN4O3. The standard InChI is InChI=1S/C24H23FN4O3/c1-14(30)9-10-26-23(31)17-11-18-21(12-20(17)25)27-13-19(24(32)29-16-7-8-16)22(18)28-15-5-3-2-4-6-15/h2-6,11-13,16H,7-10H2,1H3,(H,26,31)(H,27,28)(H,29,32). The van der Waals surface area contributed by atoms with Crippen molar-refractivity contribution in [2.45, 2.75) is 32.2 Å². The van der Waals surface area contributed by atoms with Crippen LogP contribution in [0.4, 0.5) is 15.8 Å². The number of amides is 2. The lowest BCUT2D eigenvalue weighted by Gasteiger charge is -2.16. The topological polar surface area (TPSA) is 100 Å². The molecule has 3 N–H and O–H groups in total. The molecule has 7 nitrogen and oxygen atoms in total. The van der Waals surface area contributed by atoms with E-state index in [0.29, 0.717) is 22.2 Å². The molecule has 2 amide bonds. The Kier molecular flexibility index (Phi) is 6.11. The summed E-state index contributed by atoms with van der Waals surface area (Å²) in [5.41, 5.74) is 1.61. The van der Waals surface area contributed by atoms with Gasteiger partial charge in [-0.3, -0.25) is 19.4 Å². The summed E-state index contributed by atoms with van der Waals surface area (Å²) < 4.78 is 14.7. The third-order valence-corrected chi connectivity index (χ3v) is 5.16. The predicted molar refractivity (Wildman–Crippen MR) is 120 cm³/mol. The highest BCUT2D eigenvalue weighted by atomic mass is 19.1. The number of benzene rings is 2. The van der Waals surface area contributed by atoms with E-state index in [2.05, 4.69) is 20.9 Å². The molecule has 1 fully saturated rings. The summed E-state index contributed by atoms with van der Waals surface area (Å²) in [7, 11) is 0. The third kappa shape index (κ3) is 4.91. The number of nitrogens with zero attached hydrogens (tertiary/aromatic N) is 1. The zero-order valence-electron chi connectivity index (χ0n) is 17.6. The molecule has 0 unspecified atom stereocenters. The molecule has 4 rings (SSSR count). The van der Waals surface area contributed by atoms with Crippen LogP contribution in [0.1, 0.15) is 46.9 Å². The summed E-state index contributed by atoms with van der Waals surface area (Å²) in [6.45, 7) is 1.53. The van der Waals surface area contributed by atoms with Gasteiger partial charge in [0.15, 0.2) is 0 Å². The lowest BCUT2D eigenvalue weighted by Crippen LogP contribution is -2.27. The fraction of sp³-hybridized carbons (Fsp3) is 0.250. The molecule has 0 atom stereocenters. The Morgan fingerprint density at radius 1 is 1.06 bits per heavy atom. The molecule has 1 heterocycles. The number of anilines is 2. The van der Waals surface area contributed by atoms with Gasteiger partial charge in [-0.05, 0) is 38.0 Å². The number of aromatic nitrogens is 1. The van der Waals surface area contributed by atoms with E-state index in [-0.39, 0.29) is 36.3 Å². The molecule has 1 saturated carbocycles. The third-order valence-electron chi connectivity index (χ3n) is 5.16. The number of pyridine rings is 1. The van der Waals surface area contributed by atoms with Crippen LogP contribution in [-0.4, -0.2) is 35.2 Å². The number of halogens is 1. The number of para-hydroxylation sites is 1. The van der Waals surface area contributed by atoms with Gasteiger partial charge in [-0.25, -0.2) is 4.39 Å². The first kappa shape index (κ1) is 21.4. The summed E-state index contributed by atoms with van der Waals surface area (Å²) in [6.07, 6.45) is 3.44. The summed E-state index contributed by atoms with van der Waals surface area (Å²) in [5.74, 6) is -1.72. The van der Waals surface area contributed by atoms with Crippen molar-refractivity contribution in [3.05, 3.63) is 65.6 Å². The summed E-state index contributed by atoms with van der Waals surface area (Å²) in [6, 6.07) is 12.0. The molecule has 32 heavy (non-hydrogen) atoms. The maximum Gasteiger partial charge on any atom is 0.255 e. The van der Waals surface area contributed by atoms with Crippen molar-refractivity contribution in [3.8, 4) is 0 Å². The van der Waals surface area contributed by atoms with Crippen molar-refractivity contribution in [2.24, 2.45) is 0 Å². The van der Waals surface area contributed by atoms with Crippen LogP contribution < -0.4 is 16.0 Å². The monoisotopic (exact) mass is 434 g/mol. The van der Waals surface area contributed by atoms with E-state index in [9.17, 15) is 18.8 Å². The van der Waals surface area contributed by atoms with Crippen LogP contribution in [-0.2, 0) is 4.79 Å². The van der Waals surface area contributed by atoms with Crippen LogP contribution in [0.2, 0.25) is 0 Å². The van der Waals surface area contributed by atoms with Crippen molar-refractivity contribution in [2.75, 3.05) is 11.9 Å². The molecule has 3 aromatic rings. The Hall–Kier alpha value is -3.81. The maximum absolute atomic E-state index is 14.7. The first-order chi connectivity index (χ1) is 15.4. The molecule has 164 valence electrons. The van der Waals surface area contributed by atoms with Crippen molar-refractivity contribution < 1.29 is 18.8 Å². The highest BCUT2D eigenvalue weighted by Crippen LogP contribution is 2.32. The number of Topliss-reactive ketones (excluding diaryl/α,β-unsaturated/α-hetero) is 1. The zero-order chi connectivity index (χ0) is 22.7. The Morgan fingerprint density at radius 2 is 1.81 bits per heavy atom. The zero-order valence-corrected chi connectivity index (χ0v) is 17.6. The molecule has 1 aliphatic rings. The van der Waals surface area contributed by atoms with Crippen LogP contribution in [0.3, 0.4) is 0 Å². The van der Waals surface area contributed by atoms with Gasteiger partial charge in [-0.1, -0.05) is 18.2 Å². The Labute approximate surface area is 184 Å². The van der Waals surface area contributed by atoms with E-state index in [1.54, 1.807) is 0 Å². The fourth-order valence-corrected chi connectivity index (χ4v) is 3.30. The molecule has 0 aliphatic heterocycles. The lowest BCUT2D eigenvalue weighted by molar-refractivity contribution is -0.116. The van der Waals surface area contributed by atoms with Gasteiger partial charge in [0, 0.05) is 42.3 Å². The summed E-state index contributed by atoms with van der Waals surface area (Å²) >= 11 is 0. The van der Waals surface area contributed by atoms with Gasteiger partial charge in [-0.15, -0.1) is 0 Å². The lowest BCUT2D eigenvalue weighted by atomic mass is 10.0. The number of hydrogen-bond donors (Lipinski definition) is 3. The van der Waals surface area contributed by atoms with Gasteiger partial charge in [0.2, 0.25) is 0 Å². The second-order valence-electron chi connectivity index (χ2n) is 7.84. The summed E-state index contributed by atoms with van der Waals surface area (Å²) in [5, 5.41) is 9.18. The van der Waals surface area contributed by atoms with Crippen LogP contribution in [0, 0.1) is 5.82 Å². The van der Waals surface area contributed by atoms with Crippen LogP contribution in [0.5, 0.6) is 0 Å². The largest absolute Gasteiger partial charge is 0.354 e. The van der Waals surface area contributed by atoms with E-state index in [1.807, 2.05) is 30.3 Å². The van der Waals surface area contributed by atoms with Crippen molar-refractivity contribution >= 4 is 39.9 Å². The average Bonchev–Trinajstić information content (AvgIpc) is 3.57. The predicted octanol–water partition coefficient (Wildman–Crippen LogP) is 3.72. The molecule has 1 aromatic heterocycles. The number of rotatable bonds is 8. The van der Waals surface area contributed by atoms with E-state index in [1.165, 1.54) is 25.3 Å². The summed E-state index contributed by atoms with van der Waals surface area (Å²) in [4.78, 5) is 40.8. The van der Waals surface area contributed by atoms with Crippen LogP contribution in [0.15, 0.2) is 48.7 Å². The molecule has 1 aliphatic carbocycles. The van der Waals surface area contributed by atoms with E-state index >= 15 is 0 Å². The Balaban J connectivity index is 1.77. The maximum atomic E-state index is 14.7. The van der Waals surface area contributed by atoms with Gasteiger partial charge in [0.1, 0.15) is 11.6 Å². The molecule has 8 heteroatoms. The van der Waals surface area contributed by atoms with E-state index in [4.69, 9.17) is 0 Å². The normalized spacial score (nSPS) is 12.9. The Morgan fingerprint density at radius 3 is 2.50 bits per heavy atom. The van der Waals surface area contributed by atoms with E-state index in [0.717, 1.165) is 18.5 Å². The minimum Gasteiger partial charge on any atom is -0.354 e. The van der Waals surface area contributed by atoms with Crippen molar-refractivity contribution in [3.63, 3.8) is 0 Å². The first-order valence-corrected chi connectivity index (χ1v) is 10.4. The number of fused-ring (bicyclic) bond motifs is 1. The first-order valence-electron chi connectivity index (χ1n) is 10.4. The Bertz CT molecular complexity index is 1190. The van der Waals surface area contributed by atoms with Crippen molar-refractivity contribution in [1.82, 2.24) is 15.6 Å². The van der Waals surface area contributed by atoms with Gasteiger partial charge in [-0.2, -0.15) is 0 Å². The highest BCUT2D eigenvalue weighted by Gasteiger charge is 2.26. The number of ketones is 1. The molecule has 0 bridgehead atoms. The van der Waals surface area contributed by atoms with Crippen LogP contribution >= 0.6 is 0 Å². The van der Waals surface area contributed by atoms with Gasteiger partial charge >= 0.3 is 0 Å². The molecule has 0 radical (unpaired) electrons. The van der Waals surface area contributed by atoms with Crippen molar-refractivity contribution in [1.29, 1.82) is 0 Å². The van der Waals surface area contributed by atoms with Gasteiger partial charge < -0.3 is 16.0 Å². The molecule has 0 saturated heterocycles. The smallest absolute Gasteiger partial charge is 0.255 e. The molecular weight excluding hydrogens is 411 g/mol. The molecule has 2 aromatic carbocycles. The average molecular weight is 434 g/mol. The minimum absolute atomic E-state index is 0.0749. The van der Waals surface area contributed by atoms with E-state index < -0.39 is 11.7 Å². The number of hydrogen-bond acceptors (Lipinski definition) is 5. The second kappa shape index (κ2) is 9.13. The quantitative estimate of drug-likeness (QED) is 0.502. The fourth-order valence-electron chi connectivity index (χ4n) is 3.30. The SMILES string of the molecule is CC(=O)CCNC(=O)c1cc2c(Nc3ccccc3)c(C(=O)NC3CC3)cnc2cc1F. The van der Waals surface area contributed by atoms with Gasteiger partial charge in [0.05, 0.1) is 22.3 Å². The number of carbonyl (C=O) groups is 3. The highest BCUT2D eigenvalue weighted by molar-refractivity contribution is 6.10. The molecule has 0 spiro atoms. The second-order valence-corrected chi connectivity index (χ2v) is 7.84. The van der Waals surface area contributed by atoms with Crippen LogP contribution in [0.25, 0.3) is 10.9 Å². The van der Waals surface area contributed by atoms with Gasteiger partial charge in [0.25, 0.3) is 11.8 Å². The number of nitrogens with one attached hydrogen (secondary N) is 3. The number of carbonyl (C=O) groups excluding carboxylic acids is 3.